The van der Waals surface area contributed by atoms with Gasteiger partial charge in [-0.1, -0.05) is 24.4 Å². The van der Waals surface area contributed by atoms with E-state index >= 15 is 0 Å². The van der Waals surface area contributed by atoms with Gasteiger partial charge < -0.3 is 9.84 Å². The average Bonchev–Trinajstić information content (AvgIpc) is 2.63. The van der Waals surface area contributed by atoms with Gasteiger partial charge in [-0.3, -0.25) is 0 Å². The summed E-state index contributed by atoms with van der Waals surface area (Å²) < 4.78 is 41.8. The summed E-state index contributed by atoms with van der Waals surface area (Å²) in [7, 11) is 1.86. The first-order valence-electron chi connectivity index (χ1n) is 6.56. The van der Waals surface area contributed by atoms with Gasteiger partial charge in [-0.2, -0.15) is 18.2 Å². The summed E-state index contributed by atoms with van der Waals surface area (Å²) in [5.41, 5.74) is 0. The third-order valence-corrected chi connectivity index (χ3v) is 3.55. The molecule has 0 spiro atoms. The van der Waals surface area contributed by atoms with Crippen LogP contribution in [0, 0.1) is 0 Å². The number of nitrogens with one attached hydrogen (secondary N) is 1. The molecule has 19 heavy (non-hydrogen) atoms. The van der Waals surface area contributed by atoms with Gasteiger partial charge in [0, 0.05) is 6.04 Å². The first-order chi connectivity index (χ1) is 8.99. The lowest BCUT2D eigenvalue weighted by Crippen LogP contribution is -2.31. The highest BCUT2D eigenvalue weighted by Crippen LogP contribution is 2.31. The van der Waals surface area contributed by atoms with Crippen molar-refractivity contribution in [1.29, 1.82) is 0 Å². The fourth-order valence-corrected chi connectivity index (χ4v) is 2.62. The molecule has 1 saturated carbocycles. The van der Waals surface area contributed by atoms with Crippen LogP contribution in [0.4, 0.5) is 13.2 Å². The molecule has 0 amide bonds. The summed E-state index contributed by atoms with van der Waals surface area (Å²) in [6.07, 6.45) is -0.276. The molecular formula is C12H18F3N3O. The summed E-state index contributed by atoms with van der Waals surface area (Å²) in [5, 5.41) is 6.64. The molecule has 108 valence electrons. The zero-order chi connectivity index (χ0) is 13.9. The lowest BCUT2D eigenvalue weighted by molar-refractivity contribution is -0.128. The maximum atomic E-state index is 12.3. The third kappa shape index (κ3) is 3.92. The predicted molar refractivity (Wildman–Crippen MR) is 62.7 cm³/mol. The van der Waals surface area contributed by atoms with Crippen LogP contribution < -0.4 is 5.32 Å². The fourth-order valence-electron chi connectivity index (χ4n) is 2.62. The van der Waals surface area contributed by atoms with E-state index < -0.39 is 12.6 Å². The number of hydrogen-bond donors (Lipinski definition) is 1. The maximum Gasteiger partial charge on any atom is 0.396 e. The molecule has 0 aromatic carbocycles. The Morgan fingerprint density at radius 2 is 2.00 bits per heavy atom. The van der Waals surface area contributed by atoms with Gasteiger partial charge in [0.15, 0.2) is 5.82 Å². The van der Waals surface area contributed by atoms with E-state index in [0.29, 0.717) is 5.89 Å². The molecule has 0 saturated heterocycles. The van der Waals surface area contributed by atoms with E-state index in [2.05, 4.69) is 15.5 Å². The van der Waals surface area contributed by atoms with Gasteiger partial charge >= 0.3 is 6.18 Å². The van der Waals surface area contributed by atoms with Gasteiger partial charge in [-0.15, -0.1) is 0 Å². The number of halogens is 3. The van der Waals surface area contributed by atoms with Crippen LogP contribution in [0.5, 0.6) is 0 Å². The molecule has 4 nitrogen and oxygen atoms in total. The van der Waals surface area contributed by atoms with E-state index in [1.54, 1.807) is 0 Å². The lowest BCUT2D eigenvalue weighted by Gasteiger charge is -2.20. The van der Waals surface area contributed by atoms with Crippen molar-refractivity contribution in [3.05, 3.63) is 11.7 Å². The number of likely N-dealkylation sites (N-methyl/N-ethyl adjacent to an activating group) is 1. The van der Waals surface area contributed by atoms with Gasteiger partial charge in [-0.05, 0) is 19.9 Å². The normalized spacial score (nSPS) is 25.3. The topological polar surface area (TPSA) is 51.0 Å². The smallest absolute Gasteiger partial charge is 0.339 e. The van der Waals surface area contributed by atoms with E-state index in [9.17, 15) is 13.2 Å². The molecular weight excluding hydrogens is 259 g/mol. The van der Waals surface area contributed by atoms with E-state index in [1.165, 1.54) is 0 Å². The van der Waals surface area contributed by atoms with Crippen molar-refractivity contribution in [3.63, 3.8) is 0 Å². The van der Waals surface area contributed by atoms with Crippen LogP contribution in [0.15, 0.2) is 4.52 Å². The van der Waals surface area contributed by atoms with Crippen molar-refractivity contribution in [3.8, 4) is 0 Å². The minimum Gasteiger partial charge on any atom is -0.339 e. The zero-order valence-electron chi connectivity index (χ0n) is 10.8. The van der Waals surface area contributed by atoms with Gasteiger partial charge in [-0.25, -0.2) is 0 Å². The van der Waals surface area contributed by atoms with Gasteiger partial charge in [0.25, 0.3) is 0 Å². The lowest BCUT2D eigenvalue weighted by atomic mass is 9.95. The Bertz CT molecular complexity index is 405. The van der Waals surface area contributed by atoms with E-state index in [0.717, 1.165) is 32.1 Å². The highest BCUT2D eigenvalue weighted by Gasteiger charge is 2.33. The Morgan fingerprint density at radius 3 is 2.68 bits per heavy atom. The summed E-state index contributed by atoms with van der Waals surface area (Å²) >= 11 is 0. The Morgan fingerprint density at radius 1 is 1.26 bits per heavy atom. The summed E-state index contributed by atoms with van der Waals surface area (Å²) in [6.45, 7) is 0. The number of rotatable bonds is 3. The number of nitrogens with zero attached hydrogens (tertiary/aromatic N) is 2. The Labute approximate surface area is 109 Å². The Balaban J connectivity index is 2.11. The van der Waals surface area contributed by atoms with Crippen LogP contribution >= 0.6 is 0 Å². The molecule has 1 heterocycles. The molecule has 2 rings (SSSR count). The first kappa shape index (κ1) is 14.3. The minimum atomic E-state index is -4.30. The fraction of sp³-hybridized carbons (Fsp3) is 0.833. The van der Waals surface area contributed by atoms with Crippen molar-refractivity contribution in [1.82, 2.24) is 15.5 Å². The Hall–Kier alpha value is -1.11. The minimum absolute atomic E-state index is 0.0157. The van der Waals surface area contributed by atoms with E-state index in [-0.39, 0.29) is 17.8 Å². The van der Waals surface area contributed by atoms with E-state index in [4.69, 9.17) is 4.52 Å². The van der Waals surface area contributed by atoms with Gasteiger partial charge in [0.1, 0.15) is 6.42 Å². The maximum absolute atomic E-state index is 12.3. The van der Waals surface area contributed by atoms with Crippen molar-refractivity contribution in [2.24, 2.45) is 0 Å². The summed E-state index contributed by atoms with van der Waals surface area (Å²) in [4.78, 5) is 3.92. The van der Waals surface area contributed by atoms with Crippen molar-refractivity contribution < 1.29 is 17.7 Å². The standard InChI is InChI=1S/C12H18F3N3O/c1-16-9-6-4-2-3-5-8(9)11-17-10(18-19-11)7-12(13,14)15/h8-9,16H,2-7H2,1H3. The monoisotopic (exact) mass is 277 g/mol. The molecule has 0 aliphatic heterocycles. The summed E-state index contributed by atoms with van der Waals surface area (Å²) in [6, 6.07) is 0.196. The molecule has 2 unspecified atom stereocenters. The van der Waals surface area contributed by atoms with Crippen LogP contribution in [0.2, 0.25) is 0 Å². The molecule has 1 fully saturated rings. The summed E-state index contributed by atoms with van der Waals surface area (Å²) in [5.74, 6) is 0.0732. The quantitative estimate of drug-likeness (QED) is 0.863. The average molecular weight is 277 g/mol. The van der Waals surface area contributed by atoms with Crippen molar-refractivity contribution in [2.45, 2.75) is 56.7 Å². The molecule has 1 aromatic heterocycles. The van der Waals surface area contributed by atoms with Crippen LogP contribution in [0.3, 0.4) is 0 Å². The molecule has 0 bridgehead atoms. The number of hydrogen-bond acceptors (Lipinski definition) is 4. The molecule has 2 atom stereocenters. The highest BCUT2D eigenvalue weighted by atomic mass is 19.4. The number of alkyl halides is 3. The molecule has 0 radical (unpaired) electrons. The largest absolute Gasteiger partial charge is 0.396 e. The van der Waals surface area contributed by atoms with Crippen LogP contribution in [-0.2, 0) is 6.42 Å². The second kappa shape index (κ2) is 5.90. The predicted octanol–water partition coefficient (Wildman–Crippen LogP) is 2.81. The van der Waals surface area contributed by atoms with Crippen LogP contribution in [-0.4, -0.2) is 29.4 Å². The second-order valence-electron chi connectivity index (χ2n) is 4.98. The van der Waals surface area contributed by atoms with Crippen molar-refractivity contribution >= 4 is 0 Å². The van der Waals surface area contributed by atoms with E-state index in [1.807, 2.05) is 7.05 Å². The third-order valence-electron chi connectivity index (χ3n) is 3.55. The van der Waals surface area contributed by atoms with Gasteiger partial charge in [0.2, 0.25) is 5.89 Å². The van der Waals surface area contributed by atoms with Crippen molar-refractivity contribution in [2.75, 3.05) is 7.05 Å². The zero-order valence-corrected chi connectivity index (χ0v) is 10.8. The van der Waals surface area contributed by atoms with Gasteiger partial charge in [0.05, 0.1) is 5.92 Å². The molecule has 1 aliphatic rings. The molecule has 1 aromatic rings. The molecule has 7 heteroatoms. The molecule has 1 aliphatic carbocycles. The van der Waals surface area contributed by atoms with Crippen LogP contribution in [0.25, 0.3) is 0 Å². The van der Waals surface area contributed by atoms with Crippen LogP contribution in [0.1, 0.15) is 49.7 Å². The first-order valence-corrected chi connectivity index (χ1v) is 6.56. The molecule has 1 N–H and O–H groups in total. The SMILES string of the molecule is CNC1CCCCCC1c1nc(CC(F)(F)F)no1. The number of aromatic nitrogens is 2. The highest BCUT2D eigenvalue weighted by molar-refractivity contribution is 5.01. The Kier molecular flexibility index (Phi) is 4.44. The second-order valence-corrected chi connectivity index (χ2v) is 4.98.